The second-order valence-corrected chi connectivity index (χ2v) is 9.63. The van der Waals surface area contributed by atoms with Gasteiger partial charge in [0.1, 0.15) is 0 Å². The first-order valence-corrected chi connectivity index (χ1v) is 11.8. The first-order valence-electron chi connectivity index (χ1n) is 9.36. The smallest absolute Gasteiger partial charge is 0.344 e. The number of rotatable bonds is 8. The number of alkyl halides is 3. The summed E-state index contributed by atoms with van der Waals surface area (Å²) < 4.78 is 64.3. The summed E-state index contributed by atoms with van der Waals surface area (Å²) in [5, 5.41) is 3.57. The summed E-state index contributed by atoms with van der Waals surface area (Å²) in [6, 6.07) is 10.2. The fourth-order valence-corrected chi connectivity index (χ4v) is 5.98. The summed E-state index contributed by atoms with van der Waals surface area (Å²) >= 11 is 1.36. The van der Waals surface area contributed by atoms with Crippen LogP contribution in [0.5, 0.6) is 0 Å². The Hall–Kier alpha value is -1.93. The predicted molar refractivity (Wildman–Crippen MR) is 113 cm³/mol. The van der Waals surface area contributed by atoms with Gasteiger partial charge in [0.25, 0.3) is 0 Å². The molecule has 0 aliphatic carbocycles. The molecule has 10 heteroatoms. The minimum atomic E-state index is -4.46. The monoisotopic (exact) mass is 458 g/mol. The van der Waals surface area contributed by atoms with E-state index >= 15 is 0 Å². The molecule has 1 N–H and O–H groups in total. The standard InChI is InChI=1S/C20H22F3N2O3PS/c1-4-27-29(26,28-5-2)18(14-9-11-15(12-10-14)20(21,22)23)25-19-24-17-13(3)7-6-8-16(17)30-19/h6-12,18H,4-5H2,1-3H3,(H,24,25). The summed E-state index contributed by atoms with van der Waals surface area (Å²) in [5.41, 5.74) is 1.35. The Balaban J connectivity index is 2.04. The molecule has 3 aromatic rings. The molecule has 3 rings (SSSR count). The summed E-state index contributed by atoms with van der Waals surface area (Å²) in [6.45, 7) is 5.53. The molecule has 5 nitrogen and oxygen atoms in total. The summed E-state index contributed by atoms with van der Waals surface area (Å²) in [6.07, 6.45) is -4.46. The number of thiazole rings is 1. The second kappa shape index (κ2) is 9.06. The highest BCUT2D eigenvalue weighted by Crippen LogP contribution is 2.61. The third kappa shape index (κ3) is 4.86. The highest BCUT2D eigenvalue weighted by atomic mass is 32.1. The van der Waals surface area contributed by atoms with Crippen molar-refractivity contribution >= 4 is 34.3 Å². The van der Waals surface area contributed by atoms with Gasteiger partial charge in [-0.2, -0.15) is 13.2 Å². The third-order valence-corrected chi connectivity index (χ3v) is 7.62. The van der Waals surface area contributed by atoms with E-state index in [1.807, 2.05) is 25.1 Å². The Labute approximate surface area is 176 Å². The highest BCUT2D eigenvalue weighted by Gasteiger charge is 2.38. The number of benzene rings is 2. The lowest BCUT2D eigenvalue weighted by Gasteiger charge is -2.27. The number of aryl methyl sites for hydroxylation is 1. The molecule has 0 radical (unpaired) electrons. The van der Waals surface area contributed by atoms with Crippen LogP contribution in [-0.2, 0) is 19.8 Å². The fraction of sp³-hybridized carbons (Fsp3) is 0.350. The largest absolute Gasteiger partial charge is 0.416 e. The lowest BCUT2D eigenvalue weighted by atomic mass is 10.1. The maximum Gasteiger partial charge on any atom is 0.416 e. The van der Waals surface area contributed by atoms with Gasteiger partial charge in [-0.15, -0.1) is 0 Å². The first-order chi connectivity index (χ1) is 14.2. The van der Waals surface area contributed by atoms with Crippen LogP contribution >= 0.6 is 18.9 Å². The molecular formula is C20H22F3N2O3PS. The number of aromatic nitrogens is 1. The van der Waals surface area contributed by atoms with Crippen LogP contribution in [0.4, 0.5) is 18.3 Å². The van der Waals surface area contributed by atoms with E-state index in [4.69, 9.17) is 9.05 Å². The van der Waals surface area contributed by atoms with Crippen LogP contribution in [0.25, 0.3) is 10.2 Å². The van der Waals surface area contributed by atoms with E-state index in [-0.39, 0.29) is 13.2 Å². The number of halogens is 3. The maximum atomic E-state index is 13.5. The lowest BCUT2D eigenvalue weighted by molar-refractivity contribution is -0.137. The van der Waals surface area contributed by atoms with Gasteiger partial charge in [0, 0.05) is 0 Å². The molecule has 0 fully saturated rings. The highest BCUT2D eigenvalue weighted by molar-refractivity contribution is 7.54. The van der Waals surface area contributed by atoms with Gasteiger partial charge in [-0.25, -0.2) is 4.98 Å². The molecule has 0 spiro atoms. The number of hydrogen-bond acceptors (Lipinski definition) is 6. The fourth-order valence-electron chi connectivity index (χ4n) is 3.01. The van der Waals surface area contributed by atoms with Crippen LogP contribution < -0.4 is 5.32 Å². The van der Waals surface area contributed by atoms with Gasteiger partial charge >= 0.3 is 13.8 Å². The van der Waals surface area contributed by atoms with Gasteiger partial charge in [0.15, 0.2) is 10.9 Å². The zero-order valence-corrected chi connectivity index (χ0v) is 18.4. The van der Waals surface area contributed by atoms with E-state index in [2.05, 4.69) is 10.3 Å². The summed E-state index contributed by atoms with van der Waals surface area (Å²) in [7, 11) is -3.75. The van der Waals surface area contributed by atoms with Gasteiger partial charge < -0.3 is 14.4 Å². The topological polar surface area (TPSA) is 60.5 Å². The first kappa shape index (κ1) is 22.7. The molecule has 30 heavy (non-hydrogen) atoms. The Morgan fingerprint density at radius 2 is 1.73 bits per heavy atom. The van der Waals surface area contributed by atoms with Gasteiger partial charge in [-0.05, 0) is 50.1 Å². The van der Waals surface area contributed by atoms with Gasteiger partial charge in [0.2, 0.25) is 0 Å². The number of nitrogens with zero attached hydrogens (tertiary/aromatic N) is 1. The zero-order chi connectivity index (χ0) is 21.9. The quantitative estimate of drug-likeness (QED) is 0.368. The number of fused-ring (bicyclic) bond motifs is 1. The van der Waals surface area contributed by atoms with Crippen LogP contribution in [-0.4, -0.2) is 18.2 Å². The van der Waals surface area contributed by atoms with Crippen molar-refractivity contribution in [3.05, 3.63) is 59.2 Å². The number of nitrogens with one attached hydrogen (secondary N) is 1. The minimum absolute atomic E-state index is 0.120. The summed E-state index contributed by atoms with van der Waals surface area (Å²) in [5.74, 6) is -1.01. The van der Waals surface area contributed by atoms with Crippen LogP contribution in [0.3, 0.4) is 0 Å². The van der Waals surface area contributed by atoms with Crippen molar-refractivity contribution in [1.82, 2.24) is 4.98 Å². The van der Waals surface area contributed by atoms with Crippen molar-refractivity contribution < 1.29 is 26.8 Å². The van der Waals surface area contributed by atoms with Crippen LogP contribution in [0.1, 0.15) is 36.3 Å². The maximum absolute atomic E-state index is 13.5. The Morgan fingerprint density at radius 1 is 1.10 bits per heavy atom. The minimum Gasteiger partial charge on any atom is -0.344 e. The van der Waals surface area contributed by atoms with Crippen molar-refractivity contribution in [2.45, 2.75) is 32.7 Å². The Morgan fingerprint density at radius 3 is 2.27 bits per heavy atom. The average molecular weight is 458 g/mol. The Kier molecular flexibility index (Phi) is 6.87. The summed E-state index contributed by atoms with van der Waals surface area (Å²) in [4.78, 5) is 4.56. The predicted octanol–water partition coefficient (Wildman–Crippen LogP) is 7.00. The molecule has 0 aliphatic rings. The van der Waals surface area contributed by atoms with Gasteiger partial charge in [0.05, 0.1) is 29.0 Å². The molecule has 0 aliphatic heterocycles. The molecule has 0 bridgehead atoms. The van der Waals surface area contributed by atoms with Crippen LogP contribution in [0.2, 0.25) is 0 Å². The molecule has 2 aromatic carbocycles. The molecule has 1 unspecified atom stereocenters. The van der Waals surface area contributed by atoms with E-state index in [1.165, 1.54) is 23.5 Å². The molecule has 0 saturated heterocycles. The van der Waals surface area contributed by atoms with Gasteiger partial charge in [-0.1, -0.05) is 35.6 Å². The molecule has 1 atom stereocenters. The lowest BCUT2D eigenvalue weighted by Crippen LogP contribution is -2.15. The van der Waals surface area contributed by atoms with Crippen molar-refractivity contribution in [1.29, 1.82) is 0 Å². The number of hydrogen-bond donors (Lipinski definition) is 1. The van der Waals surface area contributed by atoms with Crippen LogP contribution in [0, 0.1) is 6.92 Å². The molecule has 1 aromatic heterocycles. The average Bonchev–Trinajstić information content (AvgIpc) is 3.10. The zero-order valence-electron chi connectivity index (χ0n) is 16.7. The number of anilines is 1. The Bertz CT molecular complexity index is 1040. The molecule has 162 valence electrons. The number of para-hydroxylation sites is 1. The normalized spacial score (nSPS) is 13.5. The molecular weight excluding hydrogens is 436 g/mol. The van der Waals surface area contributed by atoms with E-state index in [9.17, 15) is 17.7 Å². The molecule has 0 amide bonds. The second-order valence-electron chi connectivity index (χ2n) is 6.48. The van der Waals surface area contributed by atoms with E-state index in [0.29, 0.717) is 10.7 Å². The van der Waals surface area contributed by atoms with Gasteiger partial charge in [-0.3, -0.25) is 4.57 Å². The van der Waals surface area contributed by atoms with Crippen molar-refractivity contribution in [3.63, 3.8) is 0 Å². The van der Waals surface area contributed by atoms with E-state index < -0.39 is 25.1 Å². The van der Waals surface area contributed by atoms with Crippen LogP contribution in [0.15, 0.2) is 42.5 Å². The van der Waals surface area contributed by atoms with E-state index in [1.54, 1.807) is 13.8 Å². The van der Waals surface area contributed by atoms with Crippen molar-refractivity contribution in [2.75, 3.05) is 18.5 Å². The molecule has 0 saturated carbocycles. The third-order valence-electron chi connectivity index (χ3n) is 4.37. The molecule has 1 heterocycles. The van der Waals surface area contributed by atoms with E-state index in [0.717, 1.165) is 27.9 Å². The van der Waals surface area contributed by atoms with Crippen molar-refractivity contribution in [2.24, 2.45) is 0 Å². The SMILES string of the molecule is CCOP(=O)(OCC)C(Nc1nc2c(C)cccc2s1)c1ccc(C(F)(F)F)cc1. The van der Waals surface area contributed by atoms with Crippen molar-refractivity contribution in [3.8, 4) is 0 Å².